The first-order valence-electron chi connectivity index (χ1n) is 10.7. The number of morpholine rings is 1. The van der Waals surface area contributed by atoms with Crippen LogP contribution >= 0.6 is 0 Å². The molecule has 0 spiro atoms. The second-order valence-electron chi connectivity index (χ2n) is 8.88. The van der Waals surface area contributed by atoms with Crippen molar-refractivity contribution in [3.05, 3.63) is 29.7 Å². The summed E-state index contributed by atoms with van der Waals surface area (Å²) in [6, 6.07) is 5.16. The zero-order chi connectivity index (χ0) is 21.3. The van der Waals surface area contributed by atoms with Crippen LogP contribution in [-0.4, -0.2) is 61.2 Å². The number of hydrogen-bond acceptors (Lipinski definition) is 8. The fourth-order valence-corrected chi connectivity index (χ4v) is 7.43. The molecule has 4 fully saturated rings. The molecular weight excluding hydrogens is 422 g/mol. The maximum Gasteiger partial charge on any atom is 0.310 e. The highest BCUT2D eigenvalue weighted by Crippen LogP contribution is 2.61. The maximum atomic E-state index is 13.2. The van der Waals surface area contributed by atoms with Crippen molar-refractivity contribution in [3.8, 4) is 11.4 Å². The van der Waals surface area contributed by atoms with Crippen molar-refractivity contribution in [2.24, 2.45) is 17.8 Å². The van der Waals surface area contributed by atoms with E-state index in [1.165, 1.54) is 4.31 Å². The van der Waals surface area contributed by atoms with E-state index < -0.39 is 10.0 Å². The van der Waals surface area contributed by atoms with Gasteiger partial charge in [0.05, 0.1) is 29.9 Å². The standard InChI is InChI=1S/C21H23N3O6S/c1-11-2-3-12(10-16(11)31(26,27)24-4-6-28-7-5-24)19-22-20(30-23-19)17-13-8-14-15(9-13)29-21(25)18(14)17/h2-3,10,13-15,17-18H,4-9H2,1H3/t13-,14+,15+,17-,18+/m1/s1. The topological polar surface area (TPSA) is 112 Å². The van der Waals surface area contributed by atoms with E-state index in [2.05, 4.69) is 10.1 Å². The average molecular weight is 445 g/mol. The molecule has 3 heterocycles. The lowest BCUT2D eigenvalue weighted by Gasteiger charge is -2.26. The Hall–Kier alpha value is -2.30. The minimum absolute atomic E-state index is 0.0474. The Morgan fingerprint density at radius 3 is 2.74 bits per heavy atom. The van der Waals surface area contributed by atoms with Crippen molar-refractivity contribution in [2.45, 2.75) is 36.7 Å². The lowest BCUT2D eigenvalue weighted by atomic mass is 9.80. The maximum absolute atomic E-state index is 13.2. The average Bonchev–Trinajstić information content (AvgIpc) is 3.51. The third-order valence-corrected chi connectivity index (χ3v) is 9.28. The summed E-state index contributed by atoms with van der Waals surface area (Å²) < 4.78 is 44.1. The van der Waals surface area contributed by atoms with E-state index in [-0.39, 0.29) is 34.7 Å². The van der Waals surface area contributed by atoms with Crippen LogP contribution < -0.4 is 0 Å². The highest BCUT2D eigenvalue weighted by molar-refractivity contribution is 7.89. The number of benzene rings is 1. The third-order valence-electron chi connectivity index (χ3n) is 7.24. The van der Waals surface area contributed by atoms with Gasteiger partial charge in [0.1, 0.15) is 6.10 Å². The van der Waals surface area contributed by atoms with Gasteiger partial charge < -0.3 is 14.0 Å². The van der Waals surface area contributed by atoms with E-state index in [0.29, 0.717) is 55.1 Å². The van der Waals surface area contributed by atoms with Crippen LogP contribution in [0.2, 0.25) is 0 Å². The van der Waals surface area contributed by atoms with Gasteiger partial charge in [-0.25, -0.2) is 8.42 Å². The molecule has 2 saturated heterocycles. The Morgan fingerprint density at radius 2 is 1.94 bits per heavy atom. The SMILES string of the molecule is Cc1ccc(-c2noc([C@@H]3[C@@H]4C[C@@H]5[C@@H]3C(=O)O[C@H]5C4)n2)cc1S(=O)(=O)N1CCOCC1. The van der Waals surface area contributed by atoms with Crippen molar-refractivity contribution in [1.29, 1.82) is 0 Å². The zero-order valence-electron chi connectivity index (χ0n) is 17.1. The fourth-order valence-electron chi connectivity index (χ4n) is 5.77. The van der Waals surface area contributed by atoms with Crippen molar-refractivity contribution in [2.75, 3.05) is 26.3 Å². The largest absolute Gasteiger partial charge is 0.462 e. The number of nitrogens with zero attached hydrogens (tertiary/aromatic N) is 3. The van der Waals surface area contributed by atoms with Crippen LogP contribution in [0.25, 0.3) is 11.4 Å². The lowest BCUT2D eigenvalue weighted by molar-refractivity contribution is -0.143. The van der Waals surface area contributed by atoms with E-state index in [0.717, 1.165) is 12.8 Å². The normalized spacial score (nSPS) is 32.5. The van der Waals surface area contributed by atoms with Crippen LogP contribution in [-0.2, 0) is 24.3 Å². The molecule has 31 heavy (non-hydrogen) atoms. The molecule has 2 aromatic rings. The number of esters is 1. The number of aryl methyl sites for hydroxylation is 1. The van der Waals surface area contributed by atoms with Crippen LogP contribution in [0, 0.1) is 24.7 Å². The molecule has 1 aromatic carbocycles. The number of sulfonamides is 1. The van der Waals surface area contributed by atoms with Gasteiger partial charge in [0.15, 0.2) is 0 Å². The van der Waals surface area contributed by atoms with Crippen LogP contribution in [0.5, 0.6) is 0 Å². The summed E-state index contributed by atoms with van der Waals surface area (Å²) in [5.41, 5.74) is 1.23. The molecule has 2 saturated carbocycles. The molecule has 1 aromatic heterocycles. The molecule has 6 rings (SSSR count). The minimum Gasteiger partial charge on any atom is -0.462 e. The Morgan fingerprint density at radius 1 is 1.13 bits per heavy atom. The van der Waals surface area contributed by atoms with Gasteiger partial charge in [-0.05, 0) is 37.3 Å². The number of fused-ring (bicyclic) bond motifs is 1. The van der Waals surface area contributed by atoms with Gasteiger partial charge in [-0.2, -0.15) is 9.29 Å². The Kier molecular flexibility index (Phi) is 4.28. The zero-order valence-corrected chi connectivity index (χ0v) is 17.9. The first-order valence-corrected chi connectivity index (χ1v) is 12.1. The fraction of sp³-hybridized carbons (Fsp3) is 0.571. The van der Waals surface area contributed by atoms with Crippen LogP contribution in [0.15, 0.2) is 27.6 Å². The number of carbonyl (C=O) groups is 1. The molecule has 0 radical (unpaired) electrons. The first kappa shape index (κ1) is 19.4. The first-order chi connectivity index (χ1) is 14.9. The van der Waals surface area contributed by atoms with Gasteiger partial charge >= 0.3 is 5.97 Å². The van der Waals surface area contributed by atoms with E-state index in [1.54, 1.807) is 25.1 Å². The summed E-state index contributed by atoms with van der Waals surface area (Å²) >= 11 is 0. The Bertz CT molecular complexity index is 1150. The van der Waals surface area contributed by atoms with Crippen LogP contribution in [0.3, 0.4) is 0 Å². The number of carbonyl (C=O) groups excluding carboxylic acids is 1. The summed E-state index contributed by atoms with van der Waals surface area (Å²) in [6.07, 6.45) is 1.85. The molecule has 2 aliphatic carbocycles. The van der Waals surface area contributed by atoms with E-state index in [4.69, 9.17) is 14.0 Å². The Balaban J connectivity index is 1.32. The molecule has 0 amide bonds. The quantitative estimate of drug-likeness (QED) is 0.654. The molecule has 9 nitrogen and oxygen atoms in total. The number of rotatable bonds is 4. The van der Waals surface area contributed by atoms with Crippen molar-refractivity contribution < 1.29 is 27.2 Å². The van der Waals surface area contributed by atoms with E-state index in [1.807, 2.05) is 0 Å². The number of hydrogen-bond donors (Lipinski definition) is 0. The Labute approximate surface area is 179 Å². The van der Waals surface area contributed by atoms with Crippen molar-refractivity contribution in [3.63, 3.8) is 0 Å². The summed E-state index contributed by atoms with van der Waals surface area (Å²) in [5.74, 6) is 0.875. The smallest absolute Gasteiger partial charge is 0.310 e. The second kappa shape index (κ2) is 6.85. The monoisotopic (exact) mass is 445 g/mol. The van der Waals surface area contributed by atoms with Crippen molar-refractivity contribution >= 4 is 16.0 Å². The number of ether oxygens (including phenoxy) is 2. The van der Waals surface area contributed by atoms with Crippen LogP contribution in [0.4, 0.5) is 0 Å². The molecule has 10 heteroatoms. The molecule has 164 valence electrons. The molecule has 4 aliphatic rings. The van der Waals surface area contributed by atoms with Gasteiger partial charge in [0.2, 0.25) is 21.7 Å². The van der Waals surface area contributed by atoms with Gasteiger partial charge in [-0.15, -0.1) is 0 Å². The summed E-state index contributed by atoms with van der Waals surface area (Å²) in [6.45, 7) is 3.22. The molecular formula is C21H23N3O6S. The van der Waals surface area contributed by atoms with Crippen LogP contribution in [0.1, 0.15) is 30.2 Å². The number of aromatic nitrogens is 2. The highest BCUT2D eigenvalue weighted by atomic mass is 32.2. The molecule has 0 N–H and O–H groups in total. The van der Waals surface area contributed by atoms with Gasteiger partial charge in [0, 0.05) is 24.6 Å². The molecule has 2 bridgehead atoms. The summed E-state index contributed by atoms with van der Waals surface area (Å²) in [5, 5.41) is 4.12. The predicted octanol–water partition coefficient (Wildman–Crippen LogP) is 1.73. The predicted molar refractivity (Wildman–Crippen MR) is 106 cm³/mol. The third kappa shape index (κ3) is 2.88. The van der Waals surface area contributed by atoms with E-state index >= 15 is 0 Å². The summed E-state index contributed by atoms with van der Waals surface area (Å²) in [7, 11) is -3.65. The molecule has 5 atom stereocenters. The molecule has 0 unspecified atom stereocenters. The molecule has 2 aliphatic heterocycles. The summed E-state index contributed by atoms with van der Waals surface area (Å²) in [4.78, 5) is 17.1. The second-order valence-corrected chi connectivity index (χ2v) is 10.8. The van der Waals surface area contributed by atoms with Gasteiger partial charge in [-0.1, -0.05) is 17.3 Å². The lowest BCUT2D eigenvalue weighted by Crippen LogP contribution is -2.40. The van der Waals surface area contributed by atoms with Gasteiger partial charge in [-0.3, -0.25) is 4.79 Å². The highest BCUT2D eigenvalue weighted by Gasteiger charge is 2.63. The minimum atomic E-state index is -3.65. The van der Waals surface area contributed by atoms with Gasteiger partial charge in [0.25, 0.3) is 0 Å². The van der Waals surface area contributed by atoms with E-state index in [9.17, 15) is 13.2 Å². The van der Waals surface area contributed by atoms with Crippen molar-refractivity contribution in [1.82, 2.24) is 14.4 Å².